The van der Waals surface area contributed by atoms with Gasteiger partial charge in [0.1, 0.15) is 17.2 Å². The first-order chi connectivity index (χ1) is 9.28. The number of aliphatic carboxylic acids is 1. The maximum Gasteiger partial charge on any atom is 0.318 e. The molecule has 0 saturated carbocycles. The summed E-state index contributed by atoms with van der Waals surface area (Å²) in [7, 11) is -2.93. The first-order valence-corrected chi connectivity index (χ1v) is 6.86. The van der Waals surface area contributed by atoms with Crippen LogP contribution in [0.3, 0.4) is 0 Å². The maximum atomic E-state index is 12.4. The van der Waals surface area contributed by atoms with Crippen LogP contribution in [0.15, 0.2) is 29.2 Å². The van der Waals surface area contributed by atoms with Crippen LogP contribution >= 0.6 is 0 Å². The van der Waals surface area contributed by atoms with Gasteiger partial charge in [-0.2, -0.15) is 4.31 Å². The zero-order chi connectivity index (χ0) is 15.3. The number of nitrogens with two attached hydrogens (primary N) is 1. The SMILES string of the molecule is COc1ccccc1S(=O)(=O)N(CC(N)=O)CC(=O)O. The van der Waals surface area contributed by atoms with Gasteiger partial charge in [-0.05, 0) is 12.1 Å². The maximum absolute atomic E-state index is 12.4. The summed E-state index contributed by atoms with van der Waals surface area (Å²) in [4.78, 5) is 21.4. The fourth-order valence-electron chi connectivity index (χ4n) is 1.52. The molecule has 1 aromatic rings. The number of rotatable bonds is 7. The first-order valence-electron chi connectivity index (χ1n) is 5.42. The van der Waals surface area contributed by atoms with Gasteiger partial charge in [-0.25, -0.2) is 8.42 Å². The number of carbonyl (C=O) groups excluding carboxylic acids is 1. The summed E-state index contributed by atoms with van der Waals surface area (Å²) in [5, 5.41) is 8.74. The fraction of sp³-hybridized carbons (Fsp3) is 0.273. The van der Waals surface area contributed by atoms with E-state index in [0.717, 1.165) is 0 Å². The second kappa shape index (κ2) is 6.35. The number of primary amides is 1. The molecule has 0 aliphatic heterocycles. The van der Waals surface area contributed by atoms with E-state index in [-0.39, 0.29) is 10.6 Å². The zero-order valence-corrected chi connectivity index (χ0v) is 11.5. The Hall–Kier alpha value is -2.13. The lowest BCUT2D eigenvalue weighted by molar-refractivity contribution is -0.137. The summed E-state index contributed by atoms with van der Waals surface area (Å²) in [6, 6.07) is 5.69. The van der Waals surface area contributed by atoms with E-state index >= 15 is 0 Å². The Morgan fingerprint density at radius 2 is 1.90 bits per heavy atom. The van der Waals surface area contributed by atoms with Gasteiger partial charge in [-0.15, -0.1) is 0 Å². The molecule has 0 aliphatic rings. The van der Waals surface area contributed by atoms with E-state index in [0.29, 0.717) is 4.31 Å². The van der Waals surface area contributed by atoms with Crippen molar-refractivity contribution >= 4 is 21.9 Å². The summed E-state index contributed by atoms with van der Waals surface area (Å²) in [6.45, 7) is -1.60. The third-order valence-corrected chi connectivity index (χ3v) is 4.16. The van der Waals surface area contributed by atoms with E-state index in [1.54, 1.807) is 6.07 Å². The Morgan fingerprint density at radius 3 is 2.40 bits per heavy atom. The van der Waals surface area contributed by atoms with Crippen LogP contribution < -0.4 is 10.5 Å². The Labute approximate surface area is 115 Å². The third kappa shape index (κ3) is 3.68. The van der Waals surface area contributed by atoms with E-state index in [1.807, 2.05) is 0 Å². The molecular weight excluding hydrogens is 288 g/mol. The number of para-hydroxylation sites is 1. The molecule has 1 aromatic carbocycles. The van der Waals surface area contributed by atoms with E-state index in [4.69, 9.17) is 15.6 Å². The van der Waals surface area contributed by atoms with Crippen LogP contribution in [0.4, 0.5) is 0 Å². The van der Waals surface area contributed by atoms with Crippen molar-refractivity contribution in [3.8, 4) is 5.75 Å². The number of ether oxygens (including phenoxy) is 1. The van der Waals surface area contributed by atoms with Gasteiger partial charge in [-0.3, -0.25) is 9.59 Å². The summed E-state index contributed by atoms with van der Waals surface area (Å²) in [5.74, 6) is -2.30. The average molecular weight is 302 g/mol. The Morgan fingerprint density at radius 1 is 1.30 bits per heavy atom. The first kappa shape index (κ1) is 15.9. The van der Waals surface area contributed by atoms with Crippen LogP contribution in [0.1, 0.15) is 0 Å². The Bertz CT molecular complexity index is 597. The third-order valence-electron chi connectivity index (χ3n) is 2.33. The molecule has 20 heavy (non-hydrogen) atoms. The molecule has 0 aromatic heterocycles. The van der Waals surface area contributed by atoms with Crippen molar-refractivity contribution in [3.63, 3.8) is 0 Å². The van der Waals surface area contributed by atoms with Gasteiger partial charge in [0.2, 0.25) is 15.9 Å². The molecule has 0 atom stereocenters. The standard InChI is InChI=1S/C11H14N2O6S/c1-19-8-4-2-3-5-9(8)20(17,18)13(6-10(12)14)7-11(15)16/h2-5H,6-7H2,1H3,(H2,12,14)(H,15,16). The molecule has 0 aliphatic carbocycles. The van der Waals surface area contributed by atoms with Crippen molar-refractivity contribution in [3.05, 3.63) is 24.3 Å². The van der Waals surface area contributed by atoms with Crippen LogP contribution in [0.2, 0.25) is 0 Å². The van der Waals surface area contributed by atoms with Gasteiger partial charge in [0.05, 0.1) is 13.7 Å². The van der Waals surface area contributed by atoms with E-state index in [2.05, 4.69) is 0 Å². The van der Waals surface area contributed by atoms with Crippen LogP contribution in [0, 0.1) is 0 Å². The molecule has 0 unspecified atom stereocenters. The number of carboxylic acid groups (broad SMARTS) is 1. The molecule has 0 fully saturated rings. The minimum Gasteiger partial charge on any atom is -0.495 e. The lowest BCUT2D eigenvalue weighted by Gasteiger charge is -2.20. The molecule has 0 radical (unpaired) electrons. The van der Waals surface area contributed by atoms with Crippen molar-refractivity contribution in [2.24, 2.45) is 5.73 Å². The highest BCUT2D eigenvalue weighted by Crippen LogP contribution is 2.25. The molecule has 0 spiro atoms. The molecule has 9 heteroatoms. The normalized spacial score (nSPS) is 11.3. The van der Waals surface area contributed by atoms with Crippen molar-refractivity contribution < 1.29 is 27.9 Å². The fourth-order valence-corrected chi connectivity index (χ4v) is 3.03. The molecule has 8 nitrogen and oxygen atoms in total. The topological polar surface area (TPSA) is 127 Å². The second-order valence-electron chi connectivity index (χ2n) is 3.78. The van der Waals surface area contributed by atoms with Crippen molar-refractivity contribution in [1.29, 1.82) is 0 Å². The number of carboxylic acids is 1. The van der Waals surface area contributed by atoms with E-state index in [1.165, 1.54) is 25.3 Å². The predicted octanol–water partition coefficient (Wildman–Crippen LogP) is -0.744. The number of sulfonamides is 1. The van der Waals surface area contributed by atoms with Gasteiger partial charge >= 0.3 is 5.97 Å². The molecule has 1 amide bonds. The molecular formula is C11H14N2O6S. The number of methoxy groups -OCH3 is 1. The minimum atomic E-state index is -4.21. The van der Waals surface area contributed by atoms with Crippen LogP contribution in [-0.2, 0) is 19.6 Å². The molecule has 110 valence electrons. The molecule has 0 bridgehead atoms. The van der Waals surface area contributed by atoms with Crippen molar-refractivity contribution in [2.75, 3.05) is 20.2 Å². The molecule has 1 rings (SSSR count). The number of hydrogen-bond acceptors (Lipinski definition) is 5. The summed E-state index contributed by atoms with van der Waals surface area (Å²) in [5.41, 5.74) is 4.95. The smallest absolute Gasteiger partial charge is 0.318 e. The average Bonchev–Trinajstić information content (AvgIpc) is 2.36. The van der Waals surface area contributed by atoms with E-state index < -0.39 is 35.0 Å². The summed E-state index contributed by atoms with van der Waals surface area (Å²) in [6.07, 6.45) is 0. The summed E-state index contributed by atoms with van der Waals surface area (Å²) >= 11 is 0. The van der Waals surface area contributed by atoms with Crippen LogP contribution in [-0.4, -0.2) is 49.9 Å². The number of nitrogens with zero attached hydrogens (tertiary/aromatic N) is 1. The molecule has 0 saturated heterocycles. The highest BCUT2D eigenvalue weighted by atomic mass is 32.2. The largest absolute Gasteiger partial charge is 0.495 e. The lowest BCUT2D eigenvalue weighted by Crippen LogP contribution is -2.41. The zero-order valence-electron chi connectivity index (χ0n) is 10.6. The Kier molecular flexibility index (Phi) is 5.06. The number of hydrogen-bond donors (Lipinski definition) is 2. The van der Waals surface area contributed by atoms with Gasteiger partial charge < -0.3 is 15.6 Å². The van der Waals surface area contributed by atoms with Crippen LogP contribution in [0.5, 0.6) is 5.75 Å². The summed E-state index contributed by atoms with van der Waals surface area (Å²) < 4.78 is 30.1. The molecule has 0 heterocycles. The van der Waals surface area contributed by atoms with Gasteiger partial charge in [0, 0.05) is 0 Å². The highest BCUT2D eigenvalue weighted by molar-refractivity contribution is 7.89. The quantitative estimate of drug-likeness (QED) is 0.682. The number of benzene rings is 1. The second-order valence-corrected chi connectivity index (χ2v) is 5.69. The predicted molar refractivity (Wildman–Crippen MR) is 68.6 cm³/mol. The van der Waals surface area contributed by atoms with Crippen LogP contribution in [0.25, 0.3) is 0 Å². The lowest BCUT2D eigenvalue weighted by atomic mass is 10.3. The van der Waals surface area contributed by atoms with Gasteiger partial charge in [-0.1, -0.05) is 12.1 Å². The number of carbonyl (C=O) groups is 2. The van der Waals surface area contributed by atoms with Crippen molar-refractivity contribution in [2.45, 2.75) is 4.90 Å². The van der Waals surface area contributed by atoms with E-state index in [9.17, 15) is 18.0 Å². The Balaban J connectivity index is 3.28. The number of amides is 1. The van der Waals surface area contributed by atoms with Gasteiger partial charge in [0.15, 0.2) is 0 Å². The minimum absolute atomic E-state index is 0.0485. The molecule has 3 N–H and O–H groups in total. The monoisotopic (exact) mass is 302 g/mol. The van der Waals surface area contributed by atoms with Gasteiger partial charge in [0.25, 0.3) is 0 Å². The highest BCUT2D eigenvalue weighted by Gasteiger charge is 2.30. The van der Waals surface area contributed by atoms with Crippen molar-refractivity contribution in [1.82, 2.24) is 4.31 Å².